The molecule has 1 aromatic heterocycles. The molecule has 0 aliphatic heterocycles. The number of anilines is 2. The molecule has 0 aliphatic rings. The number of amides is 2. The Bertz CT molecular complexity index is 1190. The van der Waals surface area contributed by atoms with Gasteiger partial charge in [0.1, 0.15) is 5.82 Å². The highest BCUT2D eigenvalue weighted by Gasteiger charge is 2.17. The molecule has 0 fully saturated rings. The lowest BCUT2D eigenvalue weighted by molar-refractivity contribution is -0.116. The first-order chi connectivity index (χ1) is 15.8. The van der Waals surface area contributed by atoms with Crippen molar-refractivity contribution in [3.63, 3.8) is 0 Å². The monoisotopic (exact) mass is 483 g/mol. The van der Waals surface area contributed by atoms with Gasteiger partial charge in [0, 0.05) is 22.9 Å². The minimum atomic E-state index is -0.193. The molecule has 0 bridgehead atoms. The zero-order valence-corrected chi connectivity index (χ0v) is 20.4. The Morgan fingerprint density at radius 1 is 1.03 bits per heavy atom. The van der Waals surface area contributed by atoms with Gasteiger partial charge in [-0.2, -0.15) is 0 Å². The molecule has 33 heavy (non-hydrogen) atoms. The van der Waals surface area contributed by atoms with Crippen LogP contribution in [0.4, 0.5) is 11.4 Å². The third-order valence-corrected chi connectivity index (χ3v) is 6.22. The van der Waals surface area contributed by atoms with E-state index in [2.05, 4.69) is 27.4 Å². The first kappa shape index (κ1) is 24.5. The number of nitrogens with one attached hydrogen (secondary N) is 2. The number of benzene rings is 2. The van der Waals surface area contributed by atoms with Gasteiger partial charge in [-0.15, -0.1) is 16.8 Å². The number of halogens is 1. The molecule has 172 valence electrons. The second kappa shape index (κ2) is 11.2. The number of aromatic nitrogens is 3. The first-order valence-corrected chi connectivity index (χ1v) is 11.7. The van der Waals surface area contributed by atoms with Crippen molar-refractivity contribution in [2.75, 3.05) is 16.4 Å². The van der Waals surface area contributed by atoms with Crippen molar-refractivity contribution in [3.05, 3.63) is 76.6 Å². The summed E-state index contributed by atoms with van der Waals surface area (Å²) in [5.41, 5.74) is 4.59. The number of allylic oxidation sites excluding steroid dienone is 1. The van der Waals surface area contributed by atoms with E-state index in [9.17, 15) is 9.59 Å². The van der Waals surface area contributed by atoms with Crippen molar-refractivity contribution in [2.24, 2.45) is 0 Å². The van der Waals surface area contributed by atoms with Gasteiger partial charge < -0.3 is 15.2 Å². The van der Waals surface area contributed by atoms with E-state index in [1.165, 1.54) is 11.8 Å². The summed E-state index contributed by atoms with van der Waals surface area (Å²) in [6.07, 6.45) is 1.76. The number of rotatable bonds is 9. The second-order valence-corrected chi connectivity index (χ2v) is 9.00. The van der Waals surface area contributed by atoms with E-state index in [4.69, 9.17) is 11.6 Å². The SMILES string of the molecule is C=CCn1c(CC(=O)Nc2ccc(C)c(C)c2)nnc1SCC(=O)Nc1cc(Cl)ccc1C. The van der Waals surface area contributed by atoms with Gasteiger partial charge in [-0.3, -0.25) is 9.59 Å². The molecule has 0 radical (unpaired) electrons. The van der Waals surface area contributed by atoms with Crippen LogP contribution >= 0.6 is 23.4 Å². The molecule has 2 N–H and O–H groups in total. The van der Waals surface area contributed by atoms with E-state index in [0.29, 0.717) is 28.2 Å². The molecule has 0 unspecified atom stereocenters. The van der Waals surface area contributed by atoms with Crippen molar-refractivity contribution in [1.82, 2.24) is 14.8 Å². The summed E-state index contributed by atoms with van der Waals surface area (Å²) in [4.78, 5) is 25.0. The lowest BCUT2D eigenvalue weighted by Crippen LogP contribution is -2.18. The van der Waals surface area contributed by atoms with Gasteiger partial charge in [-0.05, 0) is 61.7 Å². The predicted octanol–water partition coefficient (Wildman–Crippen LogP) is 4.95. The fraction of sp³-hybridized carbons (Fsp3) is 0.250. The van der Waals surface area contributed by atoms with Gasteiger partial charge >= 0.3 is 0 Å². The van der Waals surface area contributed by atoms with E-state index in [1.807, 2.05) is 45.0 Å². The average Bonchev–Trinajstić information content (AvgIpc) is 3.13. The zero-order chi connectivity index (χ0) is 24.0. The lowest BCUT2D eigenvalue weighted by Gasteiger charge is -2.10. The molecule has 1 heterocycles. The largest absolute Gasteiger partial charge is 0.326 e. The highest BCUT2D eigenvalue weighted by molar-refractivity contribution is 7.99. The Morgan fingerprint density at radius 3 is 2.52 bits per heavy atom. The number of nitrogens with zero attached hydrogens (tertiary/aromatic N) is 3. The van der Waals surface area contributed by atoms with Crippen LogP contribution in [0.15, 0.2) is 54.2 Å². The van der Waals surface area contributed by atoms with Crippen molar-refractivity contribution in [2.45, 2.75) is 38.9 Å². The Kier molecular flexibility index (Phi) is 8.30. The maximum atomic E-state index is 12.6. The van der Waals surface area contributed by atoms with Crippen LogP contribution in [-0.2, 0) is 22.6 Å². The summed E-state index contributed by atoms with van der Waals surface area (Å²) in [6.45, 7) is 10.1. The van der Waals surface area contributed by atoms with E-state index in [-0.39, 0.29) is 24.0 Å². The van der Waals surface area contributed by atoms with E-state index in [0.717, 1.165) is 22.4 Å². The number of carbonyl (C=O) groups excluding carboxylic acids is 2. The minimum Gasteiger partial charge on any atom is -0.326 e. The van der Waals surface area contributed by atoms with Crippen LogP contribution in [0.3, 0.4) is 0 Å². The summed E-state index contributed by atoms with van der Waals surface area (Å²) in [6, 6.07) is 11.1. The maximum Gasteiger partial charge on any atom is 0.234 e. The molecule has 7 nitrogen and oxygen atoms in total. The Hall–Kier alpha value is -3.10. The first-order valence-electron chi connectivity index (χ1n) is 10.4. The third kappa shape index (κ3) is 6.69. The van der Waals surface area contributed by atoms with Crippen LogP contribution in [-0.4, -0.2) is 32.3 Å². The van der Waals surface area contributed by atoms with Crippen molar-refractivity contribution < 1.29 is 9.59 Å². The van der Waals surface area contributed by atoms with Crippen molar-refractivity contribution in [1.29, 1.82) is 0 Å². The Labute approximate surface area is 202 Å². The van der Waals surface area contributed by atoms with Crippen LogP contribution in [0.1, 0.15) is 22.5 Å². The normalized spacial score (nSPS) is 10.7. The molecule has 0 atom stereocenters. The molecule has 3 aromatic rings. The highest BCUT2D eigenvalue weighted by atomic mass is 35.5. The van der Waals surface area contributed by atoms with Crippen LogP contribution in [0.2, 0.25) is 5.02 Å². The van der Waals surface area contributed by atoms with Crippen LogP contribution in [0, 0.1) is 20.8 Å². The second-order valence-electron chi connectivity index (χ2n) is 7.62. The molecule has 0 aliphatic carbocycles. The van der Waals surface area contributed by atoms with Gasteiger partial charge in [0.15, 0.2) is 5.16 Å². The maximum absolute atomic E-state index is 12.6. The Balaban J connectivity index is 1.64. The smallest absolute Gasteiger partial charge is 0.234 e. The third-order valence-electron chi connectivity index (χ3n) is 5.02. The minimum absolute atomic E-state index is 0.0578. The molecule has 0 saturated carbocycles. The predicted molar refractivity (Wildman–Crippen MR) is 134 cm³/mol. The fourth-order valence-electron chi connectivity index (χ4n) is 3.08. The molecular formula is C24H26ClN5O2S. The van der Waals surface area contributed by atoms with Gasteiger partial charge in [-0.25, -0.2) is 0 Å². The number of hydrogen-bond donors (Lipinski definition) is 2. The highest BCUT2D eigenvalue weighted by Crippen LogP contribution is 2.22. The Morgan fingerprint density at radius 2 is 1.79 bits per heavy atom. The number of carbonyl (C=O) groups is 2. The summed E-state index contributed by atoms with van der Waals surface area (Å²) in [5, 5.41) is 15.2. The van der Waals surface area contributed by atoms with E-state index < -0.39 is 0 Å². The summed E-state index contributed by atoms with van der Waals surface area (Å²) < 4.78 is 1.79. The molecule has 9 heteroatoms. The van der Waals surface area contributed by atoms with Gasteiger partial charge in [0.2, 0.25) is 11.8 Å². The van der Waals surface area contributed by atoms with Gasteiger partial charge in [0.25, 0.3) is 0 Å². The average molecular weight is 484 g/mol. The quantitative estimate of drug-likeness (QED) is 0.332. The zero-order valence-electron chi connectivity index (χ0n) is 18.8. The van der Waals surface area contributed by atoms with Crippen LogP contribution in [0.25, 0.3) is 0 Å². The number of aryl methyl sites for hydroxylation is 3. The molecule has 0 spiro atoms. The summed E-state index contributed by atoms with van der Waals surface area (Å²) in [5.74, 6) is 0.259. The summed E-state index contributed by atoms with van der Waals surface area (Å²) in [7, 11) is 0. The number of hydrogen-bond acceptors (Lipinski definition) is 5. The lowest BCUT2D eigenvalue weighted by atomic mass is 10.1. The van der Waals surface area contributed by atoms with E-state index >= 15 is 0 Å². The van der Waals surface area contributed by atoms with Gasteiger partial charge in [0.05, 0.1) is 12.2 Å². The molecule has 2 amide bonds. The fourth-order valence-corrected chi connectivity index (χ4v) is 4.02. The van der Waals surface area contributed by atoms with Crippen LogP contribution in [0.5, 0.6) is 0 Å². The van der Waals surface area contributed by atoms with Crippen LogP contribution < -0.4 is 10.6 Å². The van der Waals surface area contributed by atoms with Gasteiger partial charge in [-0.1, -0.05) is 41.6 Å². The summed E-state index contributed by atoms with van der Waals surface area (Å²) >= 11 is 7.26. The molecular weight excluding hydrogens is 458 g/mol. The van der Waals surface area contributed by atoms with Crippen molar-refractivity contribution >= 4 is 46.6 Å². The van der Waals surface area contributed by atoms with E-state index in [1.54, 1.807) is 22.8 Å². The molecule has 0 saturated heterocycles. The molecule has 3 rings (SSSR count). The topological polar surface area (TPSA) is 88.9 Å². The van der Waals surface area contributed by atoms with Crippen molar-refractivity contribution in [3.8, 4) is 0 Å². The molecule has 2 aromatic carbocycles. The standard InChI is InChI=1S/C24H26ClN5O2S/c1-5-10-30-21(13-22(31)26-19-9-7-15(2)17(4)11-19)28-29-24(30)33-14-23(32)27-20-12-18(25)8-6-16(20)3/h5-9,11-12H,1,10,13-14H2,2-4H3,(H,26,31)(H,27,32). The number of thioether (sulfide) groups is 1.